The summed E-state index contributed by atoms with van der Waals surface area (Å²) in [6, 6.07) is 9.70. The number of amides is 1. The lowest BCUT2D eigenvalue weighted by Crippen LogP contribution is -2.52. The molecule has 0 saturated carbocycles. The fourth-order valence-corrected chi connectivity index (χ4v) is 1.89. The van der Waals surface area contributed by atoms with Gasteiger partial charge < -0.3 is 10.0 Å². The molecule has 1 aliphatic rings. The van der Waals surface area contributed by atoms with E-state index in [1.54, 1.807) is 4.90 Å². The zero-order valence-corrected chi connectivity index (χ0v) is 8.60. The van der Waals surface area contributed by atoms with Crippen LogP contribution in [0.3, 0.4) is 0 Å². The van der Waals surface area contributed by atoms with E-state index in [0.717, 1.165) is 25.1 Å². The van der Waals surface area contributed by atoms with Crippen LogP contribution in [0.5, 0.6) is 0 Å². The second kappa shape index (κ2) is 4.45. The molecule has 0 aliphatic carbocycles. The van der Waals surface area contributed by atoms with Gasteiger partial charge in [0.2, 0.25) is 5.91 Å². The summed E-state index contributed by atoms with van der Waals surface area (Å²) < 4.78 is 0. The second-order valence-electron chi connectivity index (χ2n) is 3.85. The van der Waals surface area contributed by atoms with Gasteiger partial charge in [-0.2, -0.15) is 0 Å². The Morgan fingerprint density at radius 1 is 1.33 bits per heavy atom. The normalized spacial score (nSPS) is 20.2. The fourth-order valence-electron chi connectivity index (χ4n) is 1.89. The SMILES string of the molecule is O=C1C(CCCO)CN1c1ccccc1. The maximum absolute atomic E-state index is 11.7. The Hall–Kier alpha value is -1.35. The van der Waals surface area contributed by atoms with Gasteiger partial charge in [-0.25, -0.2) is 0 Å². The van der Waals surface area contributed by atoms with Gasteiger partial charge in [-0.3, -0.25) is 4.79 Å². The summed E-state index contributed by atoms with van der Waals surface area (Å²) in [5.41, 5.74) is 0.975. The molecule has 1 unspecified atom stereocenters. The molecule has 0 radical (unpaired) electrons. The summed E-state index contributed by atoms with van der Waals surface area (Å²) in [6.07, 6.45) is 1.53. The monoisotopic (exact) mass is 205 g/mol. The highest BCUT2D eigenvalue weighted by Gasteiger charge is 2.36. The molecule has 15 heavy (non-hydrogen) atoms. The lowest BCUT2D eigenvalue weighted by molar-refractivity contribution is -0.127. The Kier molecular flexibility index (Phi) is 3.02. The number of nitrogens with zero attached hydrogens (tertiary/aromatic N) is 1. The Morgan fingerprint density at radius 3 is 2.67 bits per heavy atom. The minimum atomic E-state index is 0.123. The highest BCUT2D eigenvalue weighted by molar-refractivity contribution is 6.01. The quantitative estimate of drug-likeness (QED) is 0.755. The van der Waals surface area contributed by atoms with E-state index in [9.17, 15) is 4.79 Å². The predicted molar refractivity (Wildman–Crippen MR) is 58.6 cm³/mol. The van der Waals surface area contributed by atoms with E-state index in [2.05, 4.69) is 0 Å². The first-order valence-electron chi connectivity index (χ1n) is 5.30. The molecule has 0 aromatic heterocycles. The molecule has 1 N–H and O–H groups in total. The van der Waals surface area contributed by atoms with Gasteiger partial charge in [0, 0.05) is 18.8 Å². The maximum Gasteiger partial charge on any atom is 0.231 e. The minimum absolute atomic E-state index is 0.123. The van der Waals surface area contributed by atoms with E-state index in [-0.39, 0.29) is 18.4 Å². The van der Waals surface area contributed by atoms with Gasteiger partial charge in [0.1, 0.15) is 0 Å². The van der Waals surface area contributed by atoms with Crippen LogP contribution in [0.25, 0.3) is 0 Å². The molecule has 0 bridgehead atoms. The summed E-state index contributed by atoms with van der Waals surface area (Å²) >= 11 is 0. The molecule has 3 nitrogen and oxygen atoms in total. The third kappa shape index (κ3) is 2.02. The first-order chi connectivity index (χ1) is 7.33. The molecule has 80 valence electrons. The number of anilines is 1. The van der Waals surface area contributed by atoms with Gasteiger partial charge in [0.05, 0.1) is 5.92 Å². The summed E-state index contributed by atoms with van der Waals surface area (Å²) in [5.74, 6) is 0.312. The van der Waals surface area contributed by atoms with Crippen molar-refractivity contribution >= 4 is 11.6 Å². The number of rotatable bonds is 4. The zero-order chi connectivity index (χ0) is 10.7. The molecule has 1 saturated heterocycles. The van der Waals surface area contributed by atoms with Crippen LogP contribution >= 0.6 is 0 Å². The van der Waals surface area contributed by atoms with Crippen LogP contribution in [-0.4, -0.2) is 24.2 Å². The van der Waals surface area contributed by atoms with Crippen molar-refractivity contribution in [3.63, 3.8) is 0 Å². The predicted octanol–water partition coefficient (Wildman–Crippen LogP) is 1.42. The molecule has 1 aromatic rings. The molecular weight excluding hydrogens is 190 g/mol. The third-order valence-corrected chi connectivity index (χ3v) is 2.80. The van der Waals surface area contributed by atoms with Crippen LogP contribution in [0.2, 0.25) is 0 Å². The Bertz CT molecular complexity index is 337. The number of aliphatic hydroxyl groups is 1. The van der Waals surface area contributed by atoms with Crippen molar-refractivity contribution in [2.75, 3.05) is 18.1 Å². The Morgan fingerprint density at radius 2 is 2.07 bits per heavy atom. The van der Waals surface area contributed by atoms with Crippen molar-refractivity contribution in [2.24, 2.45) is 5.92 Å². The fraction of sp³-hybridized carbons (Fsp3) is 0.417. The second-order valence-corrected chi connectivity index (χ2v) is 3.85. The van der Waals surface area contributed by atoms with Crippen molar-refractivity contribution < 1.29 is 9.90 Å². The molecule has 2 rings (SSSR count). The van der Waals surface area contributed by atoms with E-state index >= 15 is 0 Å². The topological polar surface area (TPSA) is 40.5 Å². The molecule has 3 heteroatoms. The van der Waals surface area contributed by atoms with Crippen molar-refractivity contribution in [1.82, 2.24) is 0 Å². The van der Waals surface area contributed by atoms with Crippen molar-refractivity contribution in [1.29, 1.82) is 0 Å². The van der Waals surface area contributed by atoms with Crippen LogP contribution < -0.4 is 4.90 Å². The van der Waals surface area contributed by atoms with Gasteiger partial charge >= 0.3 is 0 Å². The first kappa shape index (κ1) is 10.2. The van der Waals surface area contributed by atoms with E-state index in [1.807, 2.05) is 30.3 Å². The van der Waals surface area contributed by atoms with Gasteiger partial charge in [-0.1, -0.05) is 18.2 Å². The average molecular weight is 205 g/mol. The maximum atomic E-state index is 11.7. The molecule has 1 heterocycles. The van der Waals surface area contributed by atoms with Crippen molar-refractivity contribution in [3.05, 3.63) is 30.3 Å². The van der Waals surface area contributed by atoms with Crippen LogP contribution in [0, 0.1) is 5.92 Å². The van der Waals surface area contributed by atoms with E-state index in [4.69, 9.17) is 5.11 Å². The summed E-state index contributed by atoms with van der Waals surface area (Å²) in [7, 11) is 0. The van der Waals surface area contributed by atoms with Gasteiger partial charge in [0.25, 0.3) is 0 Å². The number of hydrogen-bond acceptors (Lipinski definition) is 2. The van der Waals surface area contributed by atoms with E-state index in [1.165, 1.54) is 0 Å². The highest BCUT2D eigenvalue weighted by Crippen LogP contribution is 2.28. The standard InChI is InChI=1S/C12H15NO2/c14-8-4-5-10-9-13(12(10)15)11-6-2-1-3-7-11/h1-3,6-7,10,14H,4-5,8-9H2. The zero-order valence-electron chi connectivity index (χ0n) is 8.60. The molecular formula is C12H15NO2. The Labute approximate surface area is 89.3 Å². The summed E-state index contributed by atoms with van der Waals surface area (Å²) in [6.45, 7) is 0.970. The number of para-hydroxylation sites is 1. The van der Waals surface area contributed by atoms with Crippen LogP contribution in [0.15, 0.2) is 30.3 Å². The summed E-state index contributed by atoms with van der Waals surface area (Å²) in [5, 5.41) is 8.68. The number of carbonyl (C=O) groups is 1. The first-order valence-corrected chi connectivity index (χ1v) is 5.30. The number of benzene rings is 1. The number of β-lactam (4-membered cyclic amide) rings is 1. The van der Waals surface area contributed by atoms with Crippen LogP contribution in [0.1, 0.15) is 12.8 Å². The smallest absolute Gasteiger partial charge is 0.231 e. The lowest BCUT2D eigenvalue weighted by atomic mass is 9.93. The highest BCUT2D eigenvalue weighted by atomic mass is 16.3. The van der Waals surface area contributed by atoms with Crippen molar-refractivity contribution in [3.8, 4) is 0 Å². The Balaban J connectivity index is 1.92. The van der Waals surface area contributed by atoms with Crippen molar-refractivity contribution in [2.45, 2.75) is 12.8 Å². The largest absolute Gasteiger partial charge is 0.396 e. The lowest BCUT2D eigenvalue weighted by Gasteiger charge is -2.38. The number of aliphatic hydroxyl groups excluding tert-OH is 1. The number of hydrogen-bond donors (Lipinski definition) is 1. The van der Waals surface area contributed by atoms with E-state index in [0.29, 0.717) is 0 Å². The average Bonchev–Trinajstić information content (AvgIpc) is 2.29. The van der Waals surface area contributed by atoms with Gasteiger partial charge in [-0.05, 0) is 25.0 Å². The van der Waals surface area contributed by atoms with Crippen LogP contribution in [0.4, 0.5) is 5.69 Å². The molecule has 1 aromatic carbocycles. The van der Waals surface area contributed by atoms with Crippen LogP contribution in [-0.2, 0) is 4.79 Å². The molecule has 0 spiro atoms. The third-order valence-electron chi connectivity index (χ3n) is 2.80. The molecule has 1 aliphatic heterocycles. The molecule has 1 amide bonds. The van der Waals surface area contributed by atoms with E-state index < -0.39 is 0 Å². The number of carbonyl (C=O) groups excluding carboxylic acids is 1. The molecule has 1 atom stereocenters. The molecule has 1 fully saturated rings. The minimum Gasteiger partial charge on any atom is -0.396 e. The van der Waals surface area contributed by atoms with Gasteiger partial charge in [-0.15, -0.1) is 0 Å². The van der Waals surface area contributed by atoms with Gasteiger partial charge in [0.15, 0.2) is 0 Å². The summed E-state index contributed by atoms with van der Waals surface area (Å²) in [4.78, 5) is 13.5.